The lowest BCUT2D eigenvalue weighted by Gasteiger charge is -2.17. The van der Waals surface area contributed by atoms with E-state index in [9.17, 15) is 0 Å². The third-order valence-electron chi connectivity index (χ3n) is 12.5. The number of rotatable bonds is 4. The smallest absolute Gasteiger partial charge is 0.161 e. The quantitative estimate of drug-likeness (QED) is 0.179. The number of nitrogens with zero attached hydrogens (tertiary/aromatic N) is 4. The summed E-state index contributed by atoms with van der Waals surface area (Å²) in [5.41, 5.74) is 10.9. The highest BCUT2D eigenvalue weighted by Gasteiger charge is 2.26. The second kappa shape index (κ2) is 12.7. The first kappa shape index (κ1) is 32.9. The fraction of sp³-hybridized carbons (Fsp3) is 0. The monoisotopic (exact) mass is 762 g/mol. The molecule has 0 unspecified atom stereocenters. The maximum Gasteiger partial charge on any atom is 0.161 e. The van der Waals surface area contributed by atoms with Crippen LogP contribution in [-0.2, 0) is 0 Å². The molecule has 278 valence electrons. The standard InChI is InChI=1S/C56H34N4/c1-3-18-36(19-4-1)53-44-27-13-15-29-46(44)57-56(58-53)43-32-34-48(40-24-10-9-23-39(40)43)60-49-33-31-35-17-7-8-22-38(35)51(49)52-42-26-12-11-25-41(42)50-45-28-14-16-30-47(45)59(54(50)55(52)60)37-20-5-2-6-21-37/h1-34H. The second-order valence-electron chi connectivity index (χ2n) is 15.7. The first-order valence-corrected chi connectivity index (χ1v) is 20.5. The number of fused-ring (bicyclic) bond motifs is 14. The number of aromatic nitrogens is 4. The molecule has 0 bridgehead atoms. The van der Waals surface area contributed by atoms with Crippen molar-refractivity contribution in [2.24, 2.45) is 0 Å². The van der Waals surface area contributed by atoms with Crippen molar-refractivity contribution in [3.8, 4) is 34.0 Å². The van der Waals surface area contributed by atoms with E-state index in [1.165, 1.54) is 59.6 Å². The van der Waals surface area contributed by atoms with E-state index in [-0.39, 0.29) is 0 Å². The van der Waals surface area contributed by atoms with Crippen molar-refractivity contribution < 1.29 is 0 Å². The molecule has 0 fully saturated rings. The summed E-state index contributed by atoms with van der Waals surface area (Å²) in [7, 11) is 0. The van der Waals surface area contributed by atoms with Crippen LogP contribution in [0.1, 0.15) is 0 Å². The molecule has 3 aromatic heterocycles. The summed E-state index contributed by atoms with van der Waals surface area (Å²) in [6.07, 6.45) is 0. The van der Waals surface area contributed by atoms with Crippen LogP contribution in [0.25, 0.3) is 121 Å². The molecule has 0 aliphatic heterocycles. The van der Waals surface area contributed by atoms with Gasteiger partial charge in [0.2, 0.25) is 0 Å². The molecule has 0 aliphatic carbocycles. The van der Waals surface area contributed by atoms with Gasteiger partial charge in [-0.1, -0.05) is 164 Å². The second-order valence-corrected chi connectivity index (χ2v) is 15.7. The average molecular weight is 763 g/mol. The summed E-state index contributed by atoms with van der Waals surface area (Å²) in [6, 6.07) is 74.3. The van der Waals surface area contributed by atoms with Crippen LogP contribution in [-0.4, -0.2) is 19.1 Å². The van der Waals surface area contributed by atoms with E-state index in [4.69, 9.17) is 9.97 Å². The zero-order chi connectivity index (χ0) is 39.3. The molecule has 0 radical (unpaired) electrons. The third-order valence-corrected chi connectivity index (χ3v) is 12.5. The minimum absolute atomic E-state index is 0.709. The van der Waals surface area contributed by atoms with Gasteiger partial charge in [-0.15, -0.1) is 0 Å². The minimum Gasteiger partial charge on any atom is -0.307 e. The molecule has 4 heteroatoms. The average Bonchev–Trinajstić information content (AvgIpc) is 3.86. The first-order valence-electron chi connectivity index (χ1n) is 20.5. The van der Waals surface area contributed by atoms with Crippen LogP contribution >= 0.6 is 0 Å². The lowest BCUT2D eigenvalue weighted by molar-refractivity contribution is 1.16. The Hall–Kier alpha value is -8.08. The lowest BCUT2D eigenvalue weighted by atomic mass is 9.96. The van der Waals surface area contributed by atoms with Gasteiger partial charge in [0.25, 0.3) is 0 Å². The van der Waals surface area contributed by atoms with E-state index in [0.717, 1.165) is 55.4 Å². The topological polar surface area (TPSA) is 35.6 Å². The number of para-hydroxylation sites is 3. The van der Waals surface area contributed by atoms with E-state index in [1.54, 1.807) is 0 Å². The van der Waals surface area contributed by atoms with Crippen LogP contribution in [0, 0.1) is 0 Å². The number of hydrogen-bond acceptors (Lipinski definition) is 2. The fourth-order valence-electron chi connectivity index (χ4n) is 9.98. The molecule has 4 nitrogen and oxygen atoms in total. The predicted octanol–water partition coefficient (Wildman–Crippen LogP) is 14.6. The van der Waals surface area contributed by atoms with E-state index in [0.29, 0.717) is 5.82 Å². The Balaban J connectivity index is 1.22. The Morgan fingerprint density at radius 2 is 0.933 bits per heavy atom. The Morgan fingerprint density at radius 1 is 0.333 bits per heavy atom. The van der Waals surface area contributed by atoms with Crippen molar-refractivity contribution in [2.75, 3.05) is 0 Å². The summed E-state index contributed by atoms with van der Waals surface area (Å²) in [5, 5.41) is 13.2. The first-order chi connectivity index (χ1) is 29.8. The highest BCUT2D eigenvalue weighted by atomic mass is 15.0. The summed E-state index contributed by atoms with van der Waals surface area (Å²) in [6.45, 7) is 0. The van der Waals surface area contributed by atoms with Gasteiger partial charge in [0.1, 0.15) is 0 Å². The van der Waals surface area contributed by atoms with Gasteiger partial charge in [-0.25, -0.2) is 9.97 Å². The molecule has 0 amide bonds. The minimum atomic E-state index is 0.709. The highest BCUT2D eigenvalue weighted by Crippen LogP contribution is 2.49. The van der Waals surface area contributed by atoms with Crippen molar-refractivity contribution >= 4 is 86.8 Å². The van der Waals surface area contributed by atoms with Gasteiger partial charge in [0, 0.05) is 49.1 Å². The van der Waals surface area contributed by atoms with Gasteiger partial charge < -0.3 is 9.13 Å². The summed E-state index contributed by atoms with van der Waals surface area (Å²) in [4.78, 5) is 10.6. The van der Waals surface area contributed by atoms with Crippen LogP contribution in [0.2, 0.25) is 0 Å². The van der Waals surface area contributed by atoms with Crippen LogP contribution in [0.15, 0.2) is 206 Å². The summed E-state index contributed by atoms with van der Waals surface area (Å²) < 4.78 is 5.04. The lowest BCUT2D eigenvalue weighted by Crippen LogP contribution is -2.01. The van der Waals surface area contributed by atoms with Crippen molar-refractivity contribution in [3.05, 3.63) is 206 Å². The number of hydrogen-bond donors (Lipinski definition) is 0. The Bertz CT molecular complexity index is 3880. The van der Waals surface area contributed by atoms with Crippen molar-refractivity contribution in [2.45, 2.75) is 0 Å². The zero-order valence-electron chi connectivity index (χ0n) is 32.4. The SMILES string of the molecule is c1ccc(-c2nc(-c3ccc(-n4c5ccc6ccccc6c5c5c6ccccc6c6c7ccccc7n(-c7ccccc7)c6c54)c4ccccc34)nc3ccccc23)cc1. The molecule has 0 saturated carbocycles. The van der Waals surface area contributed by atoms with Gasteiger partial charge in [0.05, 0.1) is 39.0 Å². The molecule has 10 aromatic carbocycles. The third kappa shape index (κ3) is 4.61. The molecular formula is C56H34N4. The fourth-order valence-corrected chi connectivity index (χ4v) is 9.98. The van der Waals surface area contributed by atoms with E-state index >= 15 is 0 Å². The molecule has 13 aromatic rings. The van der Waals surface area contributed by atoms with Crippen LogP contribution in [0.5, 0.6) is 0 Å². The van der Waals surface area contributed by atoms with Gasteiger partial charge in [-0.2, -0.15) is 0 Å². The molecule has 0 N–H and O–H groups in total. The normalized spacial score (nSPS) is 12.0. The number of benzene rings is 10. The molecule has 60 heavy (non-hydrogen) atoms. The Labute approximate surface area is 344 Å². The molecule has 13 rings (SSSR count). The van der Waals surface area contributed by atoms with E-state index in [1.807, 2.05) is 6.07 Å². The molecular weight excluding hydrogens is 729 g/mol. The van der Waals surface area contributed by atoms with Gasteiger partial charge in [0.15, 0.2) is 5.82 Å². The largest absolute Gasteiger partial charge is 0.307 e. The van der Waals surface area contributed by atoms with Crippen LogP contribution in [0.4, 0.5) is 0 Å². The molecule has 0 spiro atoms. The van der Waals surface area contributed by atoms with Crippen LogP contribution < -0.4 is 0 Å². The van der Waals surface area contributed by atoms with Crippen LogP contribution in [0.3, 0.4) is 0 Å². The summed E-state index contributed by atoms with van der Waals surface area (Å²) >= 11 is 0. The maximum atomic E-state index is 5.34. The molecule has 0 atom stereocenters. The Kier molecular flexibility index (Phi) is 6.98. The molecule has 3 heterocycles. The van der Waals surface area contributed by atoms with Crippen molar-refractivity contribution in [1.29, 1.82) is 0 Å². The van der Waals surface area contributed by atoms with Gasteiger partial charge >= 0.3 is 0 Å². The Morgan fingerprint density at radius 3 is 1.73 bits per heavy atom. The van der Waals surface area contributed by atoms with E-state index in [2.05, 4.69) is 209 Å². The zero-order valence-corrected chi connectivity index (χ0v) is 32.4. The predicted molar refractivity (Wildman–Crippen MR) is 252 cm³/mol. The highest BCUT2D eigenvalue weighted by molar-refractivity contribution is 6.39. The van der Waals surface area contributed by atoms with E-state index < -0.39 is 0 Å². The molecule has 0 saturated heterocycles. The maximum absolute atomic E-state index is 5.34. The van der Waals surface area contributed by atoms with Crippen molar-refractivity contribution in [3.63, 3.8) is 0 Å². The van der Waals surface area contributed by atoms with Gasteiger partial charge in [-0.3, -0.25) is 0 Å². The summed E-state index contributed by atoms with van der Waals surface area (Å²) in [5.74, 6) is 0.709. The van der Waals surface area contributed by atoms with Crippen molar-refractivity contribution in [1.82, 2.24) is 19.1 Å². The molecule has 0 aliphatic rings. The van der Waals surface area contributed by atoms with Gasteiger partial charge in [-0.05, 0) is 69.4 Å².